The number of fused-ring (bicyclic) bond motifs is 1. The second-order valence-electron chi connectivity index (χ2n) is 10.7. The highest BCUT2D eigenvalue weighted by atomic mass is 79.9. The molecule has 35 heavy (non-hydrogen) atoms. The molecule has 0 bridgehead atoms. The number of carbonyl (C=O) groups is 1. The molecule has 0 spiro atoms. The van der Waals surface area contributed by atoms with Crippen LogP contribution in [-0.4, -0.2) is 89.9 Å². The van der Waals surface area contributed by atoms with Gasteiger partial charge in [-0.3, -0.25) is 0 Å². The van der Waals surface area contributed by atoms with E-state index in [2.05, 4.69) is 35.6 Å². The molecule has 0 radical (unpaired) electrons. The molecule has 1 unspecified atom stereocenters. The van der Waals surface area contributed by atoms with Crippen LogP contribution in [0, 0.1) is 5.82 Å². The fourth-order valence-electron chi connectivity index (χ4n) is 4.45. The second-order valence-corrected chi connectivity index (χ2v) is 11.9. The number of anilines is 2. The molecule has 2 atom stereocenters. The molecule has 8 nitrogen and oxygen atoms in total. The highest BCUT2D eigenvalue weighted by molar-refractivity contribution is 9.10. The summed E-state index contributed by atoms with van der Waals surface area (Å²) >= 11 is 9.60. The molecule has 2 aliphatic heterocycles. The molecule has 1 amide bonds. The molecule has 3 heterocycles. The number of nitrogens with zero attached hydrogens (tertiary/aromatic N) is 6. The molecule has 2 fully saturated rings. The number of piperazine rings is 1. The lowest BCUT2D eigenvalue weighted by Crippen LogP contribution is -2.59. The molecular weight excluding hydrogens is 539 g/mol. The second kappa shape index (κ2) is 9.52. The average Bonchev–Trinajstić information content (AvgIpc) is 2.71. The lowest BCUT2D eigenvalue weighted by atomic mass is 10.1. The highest BCUT2D eigenvalue weighted by Gasteiger charge is 2.37. The third-order valence-electron chi connectivity index (χ3n) is 6.56. The summed E-state index contributed by atoms with van der Waals surface area (Å²) in [5.74, 6) is 0.609. The molecule has 0 N–H and O–H groups in total. The molecule has 2 aliphatic rings. The molecule has 4 rings (SSSR count). The Labute approximate surface area is 219 Å². The number of likely N-dealkylation sites (N-methyl/N-ethyl adjacent to an activating group) is 1. The molecular formula is C24H33BrClFN6O2. The summed E-state index contributed by atoms with van der Waals surface area (Å²) in [6.45, 7) is 12.1. The summed E-state index contributed by atoms with van der Waals surface area (Å²) in [4.78, 5) is 30.4. The SMILES string of the molecule is CC1CN(c2nc(N3CC(N(C)C)C3)nc3c(F)c(Br)c(Cl)cc23)[C@@H](C)CN1C(=O)OC(C)(C)C. The summed E-state index contributed by atoms with van der Waals surface area (Å²) in [5.41, 5.74) is -0.345. The minimum Gasteiger partial charge on any atom is -0.444 e. The average molecular weight is 572 g/mol. The van der Waals surface area contributed by atoms with Gasteiger partial charge in [-0.15, -0.1) is 0 Å². The fourth-order valence-corrected chi connectivity index (χ4v) is 4.94. The van der Waals surface area contributed by atoms with Crippen molar-refractivity contribution in [1.29, 1.82) is 0 Å². The van der Waals surface area contributed by atoms with Crippen LogP contribution in [-0.2, 0) is 4.74 Å². The van der Waals surface area contributed by atoms with Crippen LogP contribution in [0.1, 0.15) is 34.6 Å². The number of halogens is 3. The van der Waals surface area contributed by atoms with Crippen LogP contribution < -0.4 is 9.80 Å². The Kier molecular flexibility index (Phi) is 7.11. The van der Waals surface area contributed by atoms with Gasteiger partial charge < -0.3 is 24.3 Å². The standard InChI is InChI=1S/C24H33BrClFN6O2/c1-13-10-33(23(34)35-24(3,4)5)14(2)9-32(13)21-16-8-17(26)18(25)19(27)20(16)28-22(29-21)31-11-15(12-31)30(6)7/h8,13-15H,9-12H2,1-7H3/t13-,14?/m0/s1. The Morgan fingerprint density at radius 1 is 1.17 bits per heavy atom. The van der Waals surface area contributed by atoms with Crippen molar-refractivity contribution in [3.63, 3.8) is 0 Å². The summed E-state index contributed by atoms with van der Waals surface area (Å²) in [6.07, 6.45) is -0.335. The maximum Gasteiger partial charge on any atom is 0.410 e. The maximum absolute atomic E-state index is 15.3. The number of aromatic nitrogens is 2. The number of carbonyl (C=O) groups excluding carboxylic acids is 1. The van der Waals surface area contributed by atoms with Crippen molar-refractivity contribution in [1.82, 2.24) is 19.8 Å². The van der Waals surface area contributed by atoms with E-state index < -0.39 is 11.4 Å². The Balaban J connectivity index is 1.72. The normalized spacial score (nSPS) is 21.6. The molecule has 11 heteroatoms. The predicted octanol–water partition coefficient (Wildman–Crippen LogP) is 4.77. The van der Waals surface area contributed by atoms with Crippen LogP contribution >= 0.6 is 27.5 Å². The van der Waals surface area contributed by atoms with Gasteiger partial charge >= 0.3 is 6.09 Å². The van der Waals surface area contributed by atoms with E-state index in [1.54, 1.807) is 11.0 Å². The van der Waals surface area contributed by atoms with Crippen molar-refractivity contribution >= 4 is 56.3 Å². The molecule has 192 valence electrons. The van der Waals surface area contributed by atoms with Gasteiger partial charge in [0.05, 0.1) is 9.50 Å². The van der Waals surface area contributed by atoms with Gasteiger partial charge in [0, 0.05) is 49.7 Å². The van der Waals surface area contributed by atoms with Gasteiger partial charge in [-0.2, -0.15) is 4.98 Å². The zero-order chi connectivity index (χ0) is 25.8. The van der Waals surface area contributed by atoms with Crippen LogP contribution in [0.3, 0.4) is 0 Å². The van der Waals surface area contributed by atoms with Gasteiger partial charge in [0.2, 0.25) is 5.95 Å². The summed E-state index contributed by atoms with van der Waals surface area (Å²) in [6, 6.07) is 1.89. The Hall–Kier alpha value is -1.91. The van der Waals surface area contributed by atoms with Crippen molar-refractivity contribution < 1.29 is 13.9 Å². The van der Waals surface area contributed by atoms with Crippen molar-refractivity contribution in [2.45, 2.75) is 58.3 Å². The topological polar surface area (TPSA) is 65.0 Å². The summed E-state index contributed by atoms with van der Waals surface area (Å²) in [7, 11) is 4.08. The monoisotopic (exact) mass is 570 g/mol. The Morgan fingerprint density at radius 3 is 2.43 bits per heavy atom. The first kappa shape index (κ1) is 26.2. The molecule has 0 aliphatic carbocycles. The van der Waals surface area contributed by atoms with Crippen molar-refractivity contribution in [3.05, 3.63) is 21.4 Å². The first-order chi connectivity index (χ1) is 16.3. The summed E-state index contributed by atoms with van der Waals surface area (Å²) < 4.78 is 21.1. The van der Waals surface area contributed by atoms with Gasteiger partial charge in [0.1, 0.15) is 16.9 Å². The zero-order valence-electron chi connectivity index (χ0n) is 21.3. The third kappa shape index (κ3) is 5.15. The quantitative estimate of drug-likeness (QED) is 0.492. The largest absolute Gasteiger partial charge is 0.444 e. The van der Waals surface area contributed by atoms with Crippen LogP contribution in [0.15, 0.2) is 10.5 Å². The smallest absolute Gasteiger partial charge is 0.410 e. The Bertz CT molecular complexity index is 1140. The van der Waals surface area contributed by atoms with E-state index in [9.17, 15) is 4.79 Å². The van der Waals surface area contributed by atoms with Crippen LogP contribution in [0.4, 0.5) is 21.0 Å². The number of rotatable bonds is 3. The van der Waals surface area contributed by atoms with Gasteiger partial charge in [-0.05, 0) is 70.7 Å². The van der Waals surface area contributed by atoms with Gasteiger partial charge in [-0.25, -0.2) is 14.2 Å². The van der Waals surface area contributed by atoms with E-state index in [-0.39, 0.29) is 33.2 Å². The van der Waals surface area contributed by atoms with E-state index >= 15 is 4.39 Å². The van der Waals surface area contributed by atoms with Gasteiger partial charge in [0.15, 0.2) is 5.82 Å². The van der Waals surface area contributed by atoms with Crippen molar-refractivity contribution in [3.8, 4) is 0 Å². The molecule has 2 aromatic rings. The first-order valence-electron chi connectivity index (χ1n) is 11.8. The van der Waals surface area contributed by atoms with E-state index in [0.29, 0.717) is 36.3 Å². The third-order valence-corrected chi connectivity index (χ3v) is 7.86. The van der Waals surface area contributed by atoms with E-state index in [1.165, 1.54) is 0 Å². The minimum absolute atomic E-state index is 0.0823. The van der Waals surface area contributed by atoms with Gasteiger partial charge in [0.25, 0.3) is 0 Å². The number of hydrogen-bond donors (Lipinski definition) is 0. The molecule has 1 aromatic carbocycles. The number of benzene rings is 1. The minimum atomic E-state index is -0.571. The lowest BCUT2D eigenvalue weighted by molar-refractivity contribution is 0.0130. The van der Waals surface area contributed by atoms with Gasteiger partial charge in [-0.1, -0.05) is 11.6 Å². The van der Waals surface area contributed by atoms with Crippen LogP contribution in [0.5, 0.6) is 0 Å². The fraction of sp³-hybridized carbons (Fsp3) is 0.625. The summed E-state index contributed by atoms with van der Waals surface area (Å²) in [5, 5.41) is 0.811. The maximum atomic E-state index is 15.3. The van der Waals surface area contributed by atoms with Crippen LogP contribution in [0.2, 0.25) is 5.02 Å². The number of amides is 1. The van der Waals surface area contributed by atoms with Crippen LogP contribution in [0.25, 0.3) is 10.9 Å². The Morgan fingerprint density at radius 2 is 1.83 bits per heavy atom. The van der Waals surface area contributed by atoms with Crippen molar-refractivity contribution in [2.24, 2.45) is 0 Å². The highest BCUT2D eigenvalue weighted by Crippen LogP contribution is 2.38. The molecule has 2 saturated heterocycles. The number of hydrogen-bond acceptors (Lipinski definition) is 7. The molecule has 0 saturated carbocycles. The number of ether oxygens (including phenoxy) is 1. The zero-order valence-corrected chi connectivity index (χ0v) is 23.6. The van der Waals surface area contributed by atoms with E-state index in [1.807, 2.05) is 48.7 Å². The predicted molar refractivity (Wildman–Crippen MR) is 141 cm³/mol. The lowest BCUT2D eigenvalue weighted by Gasteiger charge is -2.46. The van der Waals surface area contributed by atoms with Crippen molar-refractivity contribution in [2.75, 3.05) is 50.1 Å². The molecule has 1 aromatic heterocycles. The van der Waals surface area contributed by atoms with E-state index in [4.69, 9.17) is 21.3 Å². The first-order valence-corrected chi connectivity index (χ1v) is 13.0. The van der Waals surface area contributed by atoms with E-state index in [0.717, 1.165) is 13.1 Å².